The number of rotatable bonds is 6. The lowest BCUT2D eigenvalue weighted by Crippen LogP contribution is -2.33. The summed E-state index contributed by atoms with van der Waals surface area (Å²) in [6, 6.07) is 6.43. The van der Waals surface area contributed by atoms with Crippen LogP contribution in [0.5, 0.6) is 0 Å². The third kappa shape index (κ3) is 5.30. The molecule has 0 spiro atoms. The van der Waals surface area contributed by atoms with Crippen LogP contribution in [0.2, 0.25) is 0 Å². The van der Waals surface area contributed by atoms with E-state index in [2.05, 4.69) is 0 Å². The molecule has 1 aromatic rings. The normalized spacial score (nSPS) is 18.4. The Morgan fingerprint density at radius 1 is 1.17 bits per heavy atom. The number of halogens is 3. The van der Waals surface area contributed by atoms with E-state index in [0.717, 1.165) is 24.9 Å². The summed E-state index contributed by atoms with van der Waals surface area (Å²) in [6.07, 6.45) is 7.78. The fraction of sp³-hybridized carbons (Fsp3) is 0.471. The minimum absolute atomic E-state index is 0.00754. The zero-order valence-corrected chi connectivity index (χ0v) is 13.4. The van der Waals surface area contributed by atoms with E-state index in [4.69, 9.17) is 0 Å². The Kier molecular flexibility index (Phi) is 4.71. The van der Waals surface area contributed by atoms with Crippen molar-refractivity contribution in [1.82, 2.24) is 4.90 Å². The number of thioether (sulfide) groups is 1. The lowest BCUT2D eigenvalue weighted by Gasteiger charge is -2.20. The summed E-state index contributed by atoms with van der Waals surface area (Å²) in [5, 5.41) is 0. The molecule has 0 atom stereocenters. The minimum Gasteiger partial charge on any atom is -0.336 e. The average molecular weight is 341 g/mol. The molecule has 0 radical (unpaired) electrons. The first-order valence-electron chi connectivity index (χ1n) is 7.75. The van der Waals surface area contributed by atoms with Crippen LogP contribution in [0.25, 0.3) is 6.08 Å². The minimum atomic E-state index is -4.28. The molecule has 3 rings (SSSR count). The summed E-state index contributed by atoms with van der Waals surface area (Å²) in [5.74, 6) is 0.666. The lowest BCUT2D eigenvalue weighted by molar-refractivity contribution is -0.126. The largest absolute Gasteiger partial charge is 0.446 e. The van der Waals surface area contributed by atoms with Crippen LogP contribution < -0.4 is 0 Å². The Morgan fingerprint density at radius 2 is 1.83 bits per heavy atom. The monoisotopic (exact) mass is 341 g/mol. The van der Waals surface area contributed by atoms with Crippen molar-refractivity contribution in [2.45, 2.75) is 42.1 Å². The first-order chi connectivity index (χ1) is 10.9. The quantitative estimate of drug-likeness (QED) is 0.551. The fourth-order valence-electron chi connectivity index (χ4n) is 2.43. The molecule has 1 aromatic carbocycles. The Balaban J connectivity index is 1.58. The van der Waals surface area contributed by atoms with Gasteiger partial charge in [0.15, 0.2) is 0 Å². The molecule has 0 unspecified atom stereocenters. The number of hydrogen-bond acceptors (Lipinski definition) is 2. The van der Waals surface area contributed by atoms with E-state index in [1.54, 1.807) is 18.2 Å². The van der Waals surface area contributed by atoms with Gasteiger partial charge in [-0.05, 0) is 67.1 Å². The van der Waals surface area contributed by atoms with Crippen molar-refractivity contribution >= 4 is 23.7 Å². The average Bonchev–Trinajstić information content (AvgIpc) is 3.35. The summed E-state index contributed by atoms with van der Waals surface area (Å²) >= 11 is -0.135. The van der Waals surface area contributed by atoms with E-state index >= 15 is 0 Å². The van der Waals surface area contributed by atoms with Gasteiger partial charge in [0.25, 0.3) is 0 Å². The van der Waals surface area contributed by atoms with E-state index < -0.39 is 5.51 Å². The number of carbonyl (C=O) groups is 1. The van der Waals surface area contributed by atoms with Crippen LogP contribution >= 0.6 is 11.8 Å². The number of benzene rings is 1. The molecule has 0 aliphatic heterocycles. The highest BCUT2D eigenvalue weighted by atomic mass is 32.2. The molecular weight excluding hydrogens is 323 g/mol. The third-order valence-corrected chi connectivity index (χ3v) is 4.69. The topological polar surface area (TPSA) is 20.3 Å². The van der Waals surface area contributed by atoms with Crippen LogP contribution in [-0.4, -0.2) is 28.9 Å². The maximum absolute atomic E-state index is 12.3. The van der Waals surface area contributed by atoms with E-state index in [0.29, 0.717) is 12.0 Å². The van der Waals surface area contributed by atoms with Gasteiger partial charge in [0, 0.05) is 23.6 Å². The van der Waals surface area contributed by atoms with Gasteiger partial charge in [-0.25, -0.2) is 0 Å². The number of carbonyl (C=O) groups excluding carboxylic acids is 1. The second-order valence-corrected chi connectivity index (χ2v) is 7.25. The molecule has 0 heterocycles. The lowest BCUT2D eigenvalue weighted by atomic mass is 10.2. The molecule has 0 N–H and O–H groups in total. The van der Waals surface area contributed by atoms with Gasteiger partial charge >= 0.3 is 5.51 Å². The van der Waals surface area contributed by atoms with Crippen LogP contribution in [0.4, 0.5) is 13.2 Å². The van der Waals surface area contributed by atoms with Gasteiger partial charge in [0.1, 0.15) is 0 Å². The summed E-state index contributed by atoms with van der Waals surface area (Å²) in [6.45, 7) is 0.842. The highest BCUT2D eigenvalue weighted by molar-refractivity contribution is 8.00. The van der Waals surface area contributed by atoms with E-state index in [1.165, 1.54) is 31.1 Å². The van der Waals surface area contributed by atoms with E-state index in [1.807, 2.05) is 4.90 Å². The molecule has 2 saturated carbocycles. The van der Waals surface area contributed by atoms with Crippen molar-refractivity contribution < 1.29 is 18.0 Å². The number of alkyl halides is 3. The zero-order valence-electron chi connectivity index (χ0n) is 12.6. The predicted molar refractivity (Wildman–Crippen MR) is 84.8 cm³/mol. The van der Waals surface area contributed by atoms with Crippen LogP contribution in [0.1, 0.15) is 31.2 Å². The molecule has 0 saturated heterocycles. The first-order valence-corrected chi connectivity index (χ1v) is 8.57. The van der Waals surface area contributed by atoms with Crippen LogP contribution in [0, 0.1) is 5.92 Å². The smallest absolute Gasteiger partial charge is 0.336 e. The number of hydrogen-bond donors (Lipinski definition) is 0. The summed E-state index contributed by atoms with van der Waals surface area (Å²) in [5.41, 5.74) is -3.55. The molecule has 2 fully saturated rings. The Labute approximate surface area is 137 Å². The fourth-order valence-corrected chi connectivity index (χ4v) is 2.97. The molecule has 124 valence electrons. The molecule has 1 amide bonds. The SMILES string of the molecule is O=C(/C=C/c1ccc(SC(F)(F)F)cc1)N(CC1CC1)C1CC1. The van der Waals surface area contributed by atoms with Gasteiger partial charge < -0.3 is 4.90 Å². The number of nitrogens with zero attached hydrogens (tertiary/aromatic N) is 1. The standard InChI is InChI=1S/C17H18F3NOS/c18-17(19,20)23-15-8-3-12(4-9-15)5-10-16(22)21(14-6-7-14)11-13-1-2-13/h3-5,8-10,13-14H,1-2,6-7,11H2/b10-5+. The third-order valence-electron chi connectivity index (χ3n) is 3.95. The first kappa shape index (κ1) is 16.4. The highest BCUT2D eigenvalue weighted by Gasteiger charge is 2.35. The second kappa shape index (κ2) is 6.59. The molecule has 0 aromatic heterocycles. The van der Waals surface area contributed by atoms with E-state index in [-0.39, 0.29) is 22.6 Å². The molecule has 0 bridgehead atoms. The van der Waals surface area contributed by atoms with Crippen LogP contribution in [0.15, 0.2) is 35.2 Å². The predicted octanol–water partition coefficient (Wildman–Crippen LogP) is 4.71. The highest BCUT2D eigenvalue weighted by Crippen LogP contribution is 2.37. The molecule has 6 heteroatoms. The molecule has 2 nitrogen and oxygen atoms in total. The van der Waals surface area contributed by atoms with Crippen molar-refractivity contribution in [3.05, 3.63) is 35.9 Å². The van der Waals surface area contributed by atoms with Gasteiger partial charge in [-0.2, -0.15) is 13.2 Å². The van der Waals surface area contributed by atoms with Gasteiger partial charge in [-0.1, -0.05) is 12.1 Å². The van der Waals surface area contributed by atoms with Crippen molar-refractivity contribution in [2.24, 2.45) is 5.92 Å². The Bertz CT molecular complexity index is 589. The van der Waals surface area contributed by atoms with Crippen LogP contribution in [0.3, 0.4) is 0 Å². The summed E-state index contributed by atoms with van der Waals surface area (Å²) in [7, 11) is 0. The number of amides is 1. The molecular formula is C17H18F3NOS. The van der Waals surface area contributed by atoms with Crippen LogP contribution in [-0.2, 0) is 4.79 Å². The molecule has 23 heavy (non-hydrogen) atoms. The van der Waals surface area contributed by atoms with Crippen molar-refractivity contribution in [3.8, 4) is 0 Å². The van der Waals surface area contributed by atoms with Gasteiger partial charge in [-0.15, -0.1) is 0 Å². The summed E-state index contributed by atoms with van der Waals surface area (Å²) in [4.78, 5) is 14.4. The van der Waals surface area contributed by atoms with Gasteiger partial charge in [0.05, 0.1) is 0 Å². The van der Waals surface area contributed by atoms with Crippen molar-refractivity contribution in [1.29, 1.82) is 0 Å². The zero-order chi connectivity index (χ0) is 16.4. The van der Waals surface area contributed by atoms with Gasteiger partial charge in [-0.3, -0.25) is 4.79 Å². The molecule has 2 aliphatic carbocycles. The van der Waals surface area contributed by atoms with Crippen molar-refractivity contribution in [3.63, 3.8) is 0 Å². The second-order valence-electron chi connectivity index (χ2n) is 6.12. The van der Waals surface area contributed by atoms with E-state index in [9.17, 15) is 18.0 Å². The molecule has 2 aliphatic rings. The van der Waals surface area contributed by atoms with Gasteiger partial charge in [0.2, 0.25) is 5.91 Å². The maximum Gasteiger partial charge on any atom is 0.446 e. The Morgan fingerprint density at radius 3 is 2.35 bits per heavy atom. The summed E-state index contributed by atoms with van der Waals surface area (Å²) < 4.78 is 36.8. The van der Waals surface area contributed by atoms with Crippen molar-refractivity contribution in [2.75, 3.05) is 6.54 Å². The Hall–Kier alpha value is -1.43. The maximum atomic E-state index is 12.3.